The lowest BCUT2D eigenvalue weighted by Crippen LogP contribution is -2.36. The zero-order valence-electron chi connectivity index (χ0n) is 17.2. The van der Waals surface area contributed by atoms with Gasteiger partial charge in [-0.15, -0.1) is 11.3 Å². The Morgan fingerprint density at radius 3 is 2.65 bits per heavy atom. The molecule has 0 radical (unpaired) electrons. The van der Waals surface area contributed by atoms with Gasteiger partial charge in [0.2, 0.25) is 5.91 Å². The molecule has 1 aliphatic carbocycles. The molecule has 1 aliphatic heterocycles. The number of H-pyrrole nitrogens is 1. The summed E-state index contributed by atoms with van der Waals surface area (Å²) in [6, 6.07) is 3.44. The molecule has 2 aliphatic rings. The molecule has 0 spiro atoms. The van der Waals surface area contributed by atoms with Crippen LogP contribution in [0.15, 0.2) is 22.6 Å². The van der Waals surface area contributed by atoms with E-state index >= 15 is 0 Å². The van der Waals surface area contributed by atoms with Crippen LogP contribution in [-0.2, 0) is 4.79 Å². The number of alkyl halides is 3. The normalized spacial score (nSPS) is 19.3. The maximum Gasteiger partial charge on any atom is 0.405 e. The Hall–Kier alpha value is -2.62. The number of rotatable bonds is 5. The topological polar surface area (TPSA) is 77.6 Å². The van der Waals surface area contributed by atoms with Crippen LogP contribution in [-0.4, -0.2) is 40.2 Å². The number of hydrogen-bond acceptors (Lipinski definition) is 4. The molecule has 3 heterocycles. The molecule has 1 fully saturated rings. The number of aromatic amines is 1. The lowest BCUT2D eigenvalue weighted by molar-refractivity contribution is -0.140. The summed E-state index contributed by atoms with van der Waals surface area (Å²) in [5.41, 5.74) is 2.61. The van der Waals surface area contributed by atoms with Gasteiger partial charge in [0.25, 0.3) is 5.91 Å². The molecule has 10 heteroatoms. The first kappa shape index (κ1) is 21.6. The van der Waals surface area contributed by atoms with Crippen molar-refractivity contribution < 1.29 is 22.8 Å². The number of nitrogens with zero attached hydrogens (tertiary/aromatic N) is 2. The van der Waals surface area contributed by atoms with Gasteiger partial charge in [-0.05, 0) is 43.7 Å². The van der Waals surface area contributed by atoms with E-state index in [1.54, 1.807) is 13.8 Å². The van der Waals surface area contributed by atoms with Crippen LogP contribution in [0.1, 0.15) is 63.9 Å². The van der Waals surface area contributed by atoms with Crippen molar-refractivity contribution in [1.29, 1.82) is 0 Å². The average molecular weight is 453 g/mol. The molecule has 1 saturated carbocycles. The van der Waals surface area contributed by atoms with Crippen LogP contribution in [0.25, 0.3) is 0 Å². The third-order valence-corrected chi connectivity index (χ3v) is 6.80. The lowest BCUT2D eigenvalue weighted by atomic mass is 9.84. The minimum atomic E-state index is -4.49. The summed E-state index contributed by atoms with van der Waals surface area (Å²) < 4.78 is 37.6. The molecule has 2 aromatic rings. The van der Waals surface area contributed by atoms with Crippen molar-refractivity contribution in [3.63, 3.8) is 0 Å². The summed E-state index contributed by atoms with van der Waals surface area (Å²) in [5.74, 6) is -0.888. The van der Waals surface area contributed by atoms with Gasteiger partial charge in [-0.2, -0.15) is 18.3 Å². The molecular weight excluding hydrogens is 429 g/mol. The van der Waals surface area contributed by atoms with Crippen LogP contribution in [0.2, 0.25) is 0 Å². The standard InChI is InChI=1S/C21H23F3N4O2S/c1-11-17(19(29)25-10-21(22,23)24)12(2)26-18(11)15-9-14(16-7-4-8-31-16)27-28(15)20(30)13-5-3-6-13/h4,7-8,13,15,26H,3,5-6,9-10H2,1-2H3,(H,25,29). The monoisotopic (exact) mass is 452 g/mol. The number of hydrogen-bond donors (Lipinski definition) is 2. The third kappa shape index (κ3) is 4.26. The van der Waals surface area contributed by atoms with Gasteiger partial charge in [-0.25, -0.2) is 5.01 Å². The Bertz CT molecular complexity index is 1020. The van der Waals surface area contributed by atoms with Crippen LogP contribution >= 0.6 is 11.3 Å². The highest BCUT2D eigenvalue weighted by Gasteiger charge is 2.40. The molecule has 1 unspecified atom stereocenters. The number of carbonyl (C=O) groups excluding carboxylic acids is 2. The highest BCUT2D eigenvalue weighted by Crippen LogP contribution is 2.39. The highest BCUT2D eigenvalue weighted by atomic mass is 32.1. The minimum Gasteiger partial charge on any atom is -0.360 e. The summed E-state index contributed by atoms with van der Waals surface area (Å²) in [6.45, 7) is 1.94. The molecule has 166 valence electrons. The number of carbonyl (C=O) groups is 2. The van der Waals surface area contributed by atoms with Crippen LogP contribution < -0.4 is 5.32 Å². The average Bonchev–Trinajstić information content (AvgIpc) is 3.36. The van der Waals surface area contributed by atoms with Crippen LogP contribution in [0.3, 0.4) is 0 Å². The quantitative estimate of drug-likeness (QED) is 0.703. The van der Waals surface area contributed by atoms with E-state index in [9.17, 15) is 22.8 Å². The van der Waals surface area contributed by atoms with Crippen molar-refractivity contribution in [2.45, 2.75) is 51.7 Å². The van der Waals surface area contributed by atoms with Crippen LogP contribution in [0.5, 0.6) is 0 Å². The molecule has 0 aromatic carbocycles. The van der Waals surface area contributed by atoms with Crippen molar-refractivity contribution >= 4 is 28.9 Å². The fourth-order valence-electron chi connectivity index (χ4n) is 4.09. The van der Waals surface area contributed by atoms with E-state index in [0.29, 0.717) is 23.4 Å². The number of aryl methyl sites for hydroxylation is 1. The predicted octanol–water partition coefficient (Wildman–Crippen LogP) is 4.46. The number of nitrogens with one attached hydrogen (secondary N) is 2. The summed E-state index contributed by atoms with van der Waals surface area (Å²) in [6.07, 6.45) is -1.33. The molecule has 2 amide bonds. The molecule has 1 atom stereocenters. The van der Waals surface area contributed by atoms with Gasteiger partial charge in [0.15, 0.2) is 0 Å². The lowest BCUT2D eigenvalue weighted by Gasteiger charge is -2.30. The Morgan fingerprint density at radius 1 is 1.32 bits per heavy atom. The first-order chi connectivity index (χ1) is 14.7. The van der Waals surface area contributed by atoms with Gasteiger partial charge >= 0.3 is 6.18 Å². The number of hydrazone groups is 1. The SMILES string of the molecule is Cc1[nH]c(C2CC(c3cccs3)=NN2C(=O)C2CCC2)c(C)c1C(=O)NCC(F)(F)F. The number of halogens is 3. The van der Waals surface area contributed by atoms with Gasteiger partial charge in [0.05, 0.1) is 16.2 Å². The van der Waals surface area contributed by atoms with E-state index in [1.165, 1.54) is 16.3 Å². The van der Waals surface area contributed by atoms with Gasteiger partial charge in [0, 0.05) is 23.7 Å². The van der Waals surface area contributed by atoms with E-state index < -0.39 is 24.7 Å². The number of amides is 2. The fourth-order valence-corrected chi connectivity index (χ4v) is 4.81. The van der Waals surface area contributed by atoms with Gasteiger partial charge in [0.1, 0.15) is 12.6 Å². The van der Waals surface area contributed by atoms with E-state index in [1.807, 2.05) is 22.8 Å². The second kappa shape index (κ2) is 8.14. The van der Waals surface area contributed by atoms with Crippen LogP contribution in [0.4, 0.5) is 13.2 Å². The first-order valence-electron chi connectivity index (χ1n) is 10.1. The van der Waals surface area contributed by atoms with Gasteiger partial charge in [-0.3, -0.25) is 9.59 Å². The molecular formula is C21H23F3N4O2S. The molecule has 4 rings (SSSR count). The molecule has 2 N–H and O–H groups in total. The summed E-state index contributed by atoms with van der Waals surface area (Å²) in [5, 5.41) is 10.0. The molecule has 6 nitrogen and oxygen atoms in total. The zero-order valence-corrected chi connectivity index (χ0v) is 18.0. The van der Waals surface area contributed by atoms with Crippen molar-refractivity contribution in [3.05, 3.63) is 44.9 Å². The highest BCUT2D eigenvalue weighted by molar-refractivity contribution is 7.12. The van der Waals surface area contributed by atoms with Gasteiger partial charge < -0.3 is 10.3 Å². The maximum atomic E-state index is 13.1. The smallest absolute Gasteiger partial charge is 0.360 e. The third-order valence-electron chi connectivity index (χ3n) is 5.88. The minimum absolute atomic E-state index is 0.0440. The Labute approximate surface area is 181 Å². The van der Waals surface area contributed by atoms with Gasteiger partial charge in [-0.1, -0.05) is 12.5 Å². The Kier molecular flexibility index (Phi) is 5.67. The summed E-state index contributed by atoms with van der Waals surface area (Å²) in [7, 11) is 0. The zero-order chi connectivity index (χ0) is 22.3. The largest absolute Gasteiger partial charge is 0.405 e. The second-order valence-electron chi connectivity index (χ2n) is 8.02. The predicted molar refractivity (Wildman–Crippen MR) is 111 cm³/mol. The van der Waals surface area contributed by atoms with Crippen molar-refractivity contribution in [1.82, 2.24) is 15.3 Å². The second-order valence-corrected chi connectivity index (χ2v) is 8.96. The van der Waals surface area contributed by atoms with Crippen molar-refractivity contribution in [3.8, 4) is 0 Å². The maximum absolute atomic E-state index is 13.1. The van der Waals surface area contributed by atoms with E-state index in [4.69, 9.17) is 0 Å². The summed E-state index contributed by atoms with van der Waals surface area (Å²) >= 11 is 1.54. The molecule has 0 saturated heterocycles. The van der Waals surface area contributed by atoms with Crippen LogP contribution in [0, 0.1) is 19.8 Å². The number of aromatic nitrogens is 1. The van der Waals surface area contributed by atoms with Crippen molar-refractivity contribution in [2.75, 3.05) is 6.54 Å². The Balaban J connectivity index is 1.64. The fraction of sp³-hybridized carbons (Fsp3) is 0.476. The molecule has 31 heavy (non-hydrogen) atoms. The Morgan fingerprint density at radius 2 is 2.06 bits per heavy atom. The van der Waals surface area contributed by atoms with E-state index in [0.717, 1.165) is 29.9 Å². The summed E-state index contributed by atoms with van der Waals surface area (Å²) in [4.78, 5) is 29.7. The van der Waals surface area contributed by atoms with E-state index in [-0.39, 0.29) is 17.4 Å². The van der Waals surface area contributed by atoms with Crippen molar-refractivity contribution in [2.24, 2.45) is 11.0 Å². The molecule has 0 bridgehead atoms. The number of thiophene rings is 1. The molecule has 2 aromatic heterocycles. The van der Waals surface area contributed by atoms with E-state index in [2.05, 4.69) is 10.1 Å². The first-order valence-corrected chi connectivity index (χ1v) is 11.0.